The summed E-state index contributed by atoms with van der Waals surface area (Å²) in [6, 6.07) is 16.5. The fourth-order valence-corrected chi connectivity index (χ4v) is 7.69. The molecule has 35 heavy (non-hydrogen) atoms. The molecule has 0 aromatic heterocycles. The smallest absolute Gasteiger partial charge is 0.256 e. The summed E-state index contributed by atoms with van der Waals surface area (Å²) in [5.74, 6) is -0.0759. The first-order valence-electron chi connectivity index (χ1n) is 12.1. The van der Waals surface area contributed by atoms with Gasteiger partial charge in [-0.2, -0.15) is 4.31 Å². The van der Waals surface area contributed by atoms with Crippen LogP contribution in [0.5, 0.6) is 5.75 Å². The van der Waals surface area contributed by atoms with Crippen LogP contribution in [0.15, 0.2) is 54.6 Å². The number of sulfonamides is 1. The minimum absolute atomic E-state index is 0.236. The van der Waals surface area contributed by atoms with Crippen molar-refractivity contribution in [2.75, 3.05) is 33.3 Å². The van der Waals surface area contributed by atoms with E-state index in [1.807, 2.05) is 44.2 Å². The van der Waals surface area contributed by atoms with Gasteiger partial charge in [-0.3, -0.25) is 4.79 Å². The highest BCUT2D eigenvalue weighted by Crippen LogP contribution is 2.40. The SMILES string of the molecule is COc1ccccc1C(=O)NC(C1(c2ccccc2)CCNCC1)S(=O)(=O)N1CC(C)OC(C)C1. The summed E-state index contributed by atoms with van der Waals surface area (Å²) in [7, 11) is -2.47. The van der Waals surface area contributed by atoms with Crippen LogP contribution in [-0.4, -0.2) is 69.5 Å². The van der Waals surface area contributed by atoms with E-state index in [2.05, 4.69) is 10.6 Å². The van der Waals surface area contributed by atoms with Gasteiger partial charge in [0.05, 0.1) is 24.9 Å². The molecule has 3 unspecified atom stereocenters. The number of benzene rings is 2. The number of morpholine rings is 1. The molecule has 0 spiro atoms. The minimum Gasteiger partial charge on any atom is -0.496 e. The molecule has 4 rings (SSSR count). The molecule has 8 nitrogen and oxygen atoms in total. The van der Waals surface area contributed by atoms with Gasteiger partial charge in [0, 0.05) is 18.5 Å². The summed E-state index contributed by atoms with van der Waals surface area (Å²) in [6.45, 7) is 5.55. The fourth-order valence-electron chi connectivity index (χ4n) is 5.36. The standard InChI is InChI=1S/C26H35N3O5S/c1-19-17-29(18-20(2)34-19)35(31,32)25(28-24(30)22-11-7-8-12-23(22)33-3)26(13-15-27-16-14-26)21-9-5-4-6-10-21/h4-12,19-20,25,27H,13-18H2,1-3H3,(H,28,30). The van der Waals surface area contributed by atoms with E-state index in [4.69, 9.17) is 9.47 Å². The van der Waals surface area contributed by atoms with E-state index in [1.54, 1.807) is 24.3 Å². The van der Waals surface area contributed by atoms with Crippen LogP contribution in [0.25, 0.3) is 0 Å². The zero-order valence-corrected chi connectivity index (χ0v) is 21.4. The maximum atomic E-state index is 14.4. The lowest BCUT2D eigenvalue weighted by molar-refractivity contribution is -0.0446. The second-order valence-corrected chi connectivity index (χ2v) is 11.5. The Hall–Kier alpha value is -2.46. The molecule has 2 aromatic rings. The van der Waals surface area contributed by atoms with Crippen LogP contribution < -0.4 is 15.4 Å². The van der Waals surface area contributed by atoms with Gasteiger partial charge >= 0.3 is 0 Å². The van der Waals surface area contributed by atoms with Gasteiger partial charge in [0.1, 0.15) is 5.75 Å². The van der Waals surface area contributed by atoms with E-state index in [9.17, 15) is 13.2 Å². The van der Waals surface area contributed by atoms with E-state index in [-0.39, 0.29) is 25.3 Å². The number of piperidine rings is 1. The van der Waals surface area contributed by atoms with Gasteiger partial charge in [0.15, 0.2) is 5.37 Å². The van der Waals surface area contributed by atoms with Gasteiger partial charge in [-0.1, -0.05) is 42.5 Å². The molecule has 2 fully saturated rings. The third-order valence-corrected chi connectivity index (χ3v) is 9.19. The maximum Gasteiger partial charge on any atom is 0.256 e. The van der Waals surface area contributed by atoms with Crippen molar-refractivity contribution in [1.82, 2.24) is 14.9 Å². The monoisotopic (exact) mass is 501 g/mol. The zero-order chi connectivity index (χ0) is 25.1. The summed E-state index contributed by atoms with van der Waals surface area (Å²) in [6.07, 6.45) is 0.671. The molecule has 0 radical (unpaired) electrons. The minimum atomic E-state index is -3.97. The van der Waals surface area contributed by atoms with Crippen molar-refractivity contribution in [2.45, 2.75) is 49.7 Å². The Labute approximate surface area is 208 Å². The Bertz CT molecular complexity index is 1110. The number of hydrogen-bond donors (Lipinski definition) is 2. The number of nitrogens with one attached hydrogen (secondary N) is 2. The Kier molecular flexibility index (Phi) is 7.80. The van der Waals surface area contributed by atoms with E-state index >= 15 is 0 Å². The van der Waals surface area contributed by atoms with E-state index in [0.29, 0.717) is 37.2 Å². The molecule has 2 aromatic carbocycles. The lowest BCUT2D eigenvalue weighted by atomic mass is 9.72. The second-order valence-electron chi connectivity index (χ2n) is 9.45. The third-order valence-electron chi connectivity index (χ3n) is 7.00. The van der Waals surface area contributed by atoms with Gasteiger partial charge in [0.2, 0.25) is 10.0 Å². The van der Waals surface area contributed by atoms with Crippen molar-refractivity contribution in [1.29, 1.82) is 0 Å². The van der Waals surface area contributed by atoms with Crippen molar-refractivity contribution in [3.05, 3.63) is 65.7 Å². The molecular weight excluding hydrogens is 466 g/mol. The van der Waals surface area contributed by atoms with Gasteiger partial charge < -0.3 is 20.1 Å². The molecule has 0 saturated carbocycles. The Morgan fingerprint density at radius 2 is 1.66 bits per heavy atom. The third kappa shape index (κ3) is 5.23. The summed E-state index contributed by atoms with van der Waals surface area (Å²) in [4.78, 5) is 13.6. The number of rotatable bonds is 7. The first kappa shape index (κ1) is 25.6. The Morgan fingerprint density at radius 1 is 1.06 bits per heavy atom. The maximum absolute atomic E-state index is 14.4. The molecule has 0 aliphatic carbocycles. The summed E-state index contributed by atoms with van der Waals surface area (Å²) >= 11 is 0. The largest absolute Gasteiger partial charge is 0.496 e. The molecule has 2 heterocycles. The topological polar surface area (TPSA) is 97.0 Å². The number of para-hydroxylation sites is 1. The molecule has 0 bridgehead atoms. The average molecular weight is 502 g/mol. The van der Waals surface area contributed by atoms with Crippen molar-refractivity contribution < 1.29 is 22.7 Å². The highest BCUT2D eigenvalue weighted by atomic mass is 32.2. The van der Waals surface area contributed by atoms with Crippen molar-refractivity contribution in [3.8, 4) is 5.75 Å². The van der Waals surface area contributed by atoms with E-state index in [0.717, 1.165) is 5.56 Å². The first-order chi connectivity index (χ1) is 16.8. The van der Waals surface area contributed by atoms with E-state index in [1.165, 1.54) is 11.4 Å². The molecule has 2 aliphatic rings. The molecule has 9 heteroatoms. The lowest BCUT2D eigenvalue weighted by Gasteiger charge is -2.46. The molecule has 3 atom stereocenters. The number of hydrogen-bond acceptors (Lipinski definition) is 6. The molecule has 1 amide bonds. The number of ether oxygens (including phenoxy) is 2. The molecule has 2 aliphatic heterocycles. The lowest BCUT2D eigenvalue weighted by Crippen LogP contribution is -2.63. The van der Waals surface area contributed by atoms with Crippen LogP contribution in [0.3, 0.4) is 0 Å². The second kappa shape index (κ2) is 10.7. The highest BCUT2D eigenvalue weighted by Gasteiger charge is 2.51. The normalized spacial score (nSPS) is 23.9. The number of methoxy groups -OCH3 is 1. The highest BCUT2D eigenvalue weighted by molar-refractivity contribution is 7.89. The molecule has 2 saturated heterocycles. The van der Waals surface area contributed by atoms with E-state index < -0.39 is 26.7 Å². The number of carbonyl (C=O) groups excluding carboxylic acids is 1. The summed E-state index contributed by atoms with van der Waals surface area (Å²) in [5.41, 5.74) is 0.411. The summed E-state index contributed by atoms with van der Waals surface area (Å²) in [5, 5.41) is 5.16. The first-order valence-corrected chi connectivity index (χ1v) is 13.6. The number of amides is 1. The van der Waals surface area contributed by atoms with Crippen LogP contribution in [0, 0.1) is 0 Å². The Balaban J connectivity index is 1.82. The van der Waals surface area contributed by atoms with Crippen LogP contribution in [0.4, 0.5) is 0 Å². The number of nitrogens with zero attached hydrogens (tertiary/aromatic N) is 1. The Morgan fingerprint density at radius 3 is 2.29 bits per heavy atom. The van der Waals surface area contributed by atoms with Gasteiger partial charge in [-0.05, 0) is 57.5 Å². The van der Waals surface area contributed by atoms with Crippen LogP contribution in [0.2, 0.25) is 0 Å². The van der Waals surface area contributed by atoms with Gasteiger partial charge in [-0.15, -0.1) is 0 Å². The number of carbonyl (C=O) groups is 1. The molecule has 2 N–H and O–H groups in total. The average Bonchev–Trinajstić information content (AvgIpc) is 2.87. The van der Waals surface area contributed by atoms with Crippen molar-refractivity contribution in [2.24, 2.45) is 0 Å². The predicted molar refractivity (Wildman–Crippen MR) is 135 cm³/mol. The quantitative estimate of drug-likeness (QED) is 0.605. The van der Waals surface area contributed by atoms with Gasteiger partial charge in [0.25, 0.3) is 5.91 Å². The van der Waals surface area contributed by atoms with Crippen molar-refractivity contribution >= 4 is 15.9 Å². The fraction of sp³-hybridized carbons (Fsp3) is 0.500. The molecule has 190 valence electrons. The summed E-state index contributed by atoms with van der Waals surface area (Å²) < 4.78 is 41.4. The van der Waals surface area contributed by atoms with Crippen molar-refractivity contribution in [3.63, 3.8) is 0 Å². The predicted octanol–water partition coefficient (Wildman–Crippen LogP) is 2.51. The zero-order valence-electron chi connectivity index (χ0n) is 20.6. The van der Waals surface area contributed by atoms with Crippen LogP contribution in [0.1, 0.15) is 42.6 Å². The van der Waals surface area contributed by atoms with Crippen LogP contribution in [-0.2, 0) is 20.2 Å². The molecular formula is C26H35N3O5S. The van der Waals surface area contributed by atoms with Gasteiger partial charge in [-0.25, -0.2) is 8.42 Å². The van der Waals surface area contributed by atoms with Crippen LogP contribution >= 0.6 is 0 Å².